The lowest BCUT2D eigenvalue weighted by Crippen LogP contribution is -1.99. The van der Waals surface area contributed by atoms with Crippen LogP contribution in [0.1, 0.15) is 0 Å². The monoisotopic (exact) mass is 267 g/mol. The summed E-state index contributed by atoms with van der Waals surface area (Å²) < 4.78 is 0. The second-order valence-corrected chi connectivity index (χ2v) is 4.09. The summed E-state index contributed by atoms with van der Waals surface area (Å²) in [5.74, 6) is 0.510. The van der Waals surface area contributed by atoms with Crippen LogP contribution in [0.5, 0.6) is 0 Å². The fourth-order valence-electron chi connectivity index (χ4n) is 1.86. The van der Waals surface area contributed by atoms with Crippen LogP contribution in [0, 0.1) is 10.1 Å². The molecule has 3 rings (SSSR count). The highest BCUT2D eigenvalue weighted by Crippen LogP contribution is 2.24. The zero-order valence-corrected chi connectivity index (χ0v) is 10.2. The first-order chi connectivity index (χ1) is 9.74. The first-order valence-electron chi connectivity index (χ1n) is 5.83. The quantitative estimate of drug-likeness (QED) is 0.579. The largest absolute Gasteiger partial charge is 0.338 e. The summed E-state index contributed by atoms with van der Waals surface area (Å²) in [6.07, 6.45) is 0. The van der Waals surface area contributed by atoms with Gasteiger partial charge in [0.25, 0.3) is 5.69 Å². The van der Waals surface area contributed by atoms with E-state index < -0.39 is 4.92 Å². The Balaban J connectivity index is 2.01. The molecule has 0 aliphatic rings. The van der Waals surface area contributed by atoms with Gasteiger partial charge >= 0.3 is 0 Å². The van der Waals surface area contributed by atoms with E-state index >= 15 is 0 Å². The van der Waals surface area contributed by atoms with Gasteiger partial charge in [-0.2, -0.15) is 0 Å². The van der Waals surface area contributed by atoms with Crippen LogP contribution in [0.4, 0.5) is 17.2 Å². The highest BCUT2D eigenvalue weighted by atomic mass is 16.6. The molecule has 0 saturated carbocycles. The molecule has 98 valence electrons. The zero-order valence-electron chi connectivity index (χ0n) is 10.2. The molecule has 2 aromatic carbocycles. The summed E-state index contributed by atoms with van der Waals surface area (Å²) in [6, 6.07) is 13.6. The maximum Gasteiger partial charge on any atom is 0.271 e. The van der Waals surface area contributed by atoms with E-state index in [-0.39, 0.29) is 5.69 Å². The molecule has 20 heavy (non-hydrogen) atoms. The third kappa shape index (κ3) is 2.24. The van der Waals surface area contributed by atoms with E-state index in [4.69, 9.17) is 0 Å². The SMILES string of the molecule is O=[N+]([O-])c1cccc(Nc2nnnc3ccccc23)c1. The lowest BCUT2D eigenvalue weighted by molar-refractivity contribution is -0.384. The molecule has 0 aliphatic carbocycles. The Morgan fingerprint density at radius 2 is 1.90 bits per heavy atom. The average molecular weight is 267 g/mol. The highest BCUT2D eigenvalue weighted by molar-refractivity contribution is 5.90. The van der Waals surface area contributed by atoms with E-state index in [1.165, 1.54) is 12.1 Å². The number of rotatable bonds is 3. The molecule has 0 saturated heterocycles. The number of aromatic nitrogens is 3. The Morgan fingerprint density at radius 3 is 2.75 bits per heavy atom. The minimum atomic E-state index is -0.443. The van der Waals surface area contributed by atoms with Gasteiger partial charge in [-0.3, -0.25) is 10.1 Å². The van der Waals surface area contributed by atoms with Crippen molar-refractivity contribution in [1.29, 1.82) is 0 Å². The molecule has 3 aromatic rings. The van der Waals surface area contributed by atoms with Gasteiger partial charge < -0.3 is 5.32 Å². The van der Waals surface area contributed by atoms with Gasteiger partial charge in [0.2, 0.25) is 0 Å². The van der Waals surface area contributed by atoms with E-state index in [9.17, 15) is 10.1 Å². The molecule has 0 radical (unpaired) electrons. The molecule has 7 heteroatoms. The van der Waals surface area contributed by atoms with Crippen LogP contribution in [-0.4, -0.2) is 20.3 Å². The Hall–Kier alpha value is -3.09. The zero-order chi connectivity index (χ0) is 13.9. The maximum absolute atomic E-state index is 10.8. The first-order valence-corrected chi connectivity index (χ1v) is 5.83. The number of non-ortho nitro benzene ring substituents is 1. The molecule has 0 atom stereocenters. The first kappa shape index (κ1) is 12.0. The molecule has 0 amide bonds. The summed E-state index contributed by atoms with van der Waals surface area (Å²) >= 11 is 0. The molecule has 1 heterocycles. The summed E-state index contributed by atoms with van der Waals surface area (Å²) in [7, 11) is 0. The molecule has 1 N–H and O–H groups in total. The summed E-state index contributed by atoms with van der Waals surface area (Å²) in [4.78, 5) is 10.3. The van der Waals surface area contributed by atoms with Crippen molar-refractivity contribution in [3.8, 4) is 0 Å². The molecule has 0 bridgehead atoms. The number of nitro groups is 1. The van der Waals surface area contributed by atoms with Gasteiger partial charge in [-0.05, 0) is 23.4 Å². The average Bonchev–Trinajstić information content (AvgIpc) is 2.48. The van der Waals surface area contributed by atoms with Crippen molar-refractivity contribution in [3.05, 3.63) is 58.6 Å². The number of hydrogen-bond donors (Lipinski definition) is 1. The van der Waals surface area contributed by atoms with Crippen LogP contribution >= 0.6 is 0 Å². The van der Waals surface area contributed by atoms with Crippen LogP contribution < -0.4 is 5.32 Å². The van der Waals surface area contributed by atoms with Crippen molar-refractivity contribution in [3.63, 3.8) is 0 Å². The van der Waals surface area contributed by atoms with Crippen molar-refractivity contribution >= 4 is 28.1 Å². The molecule has 0 aliphatic heterocycles. The lowest BCUT2D eigenvalue weighted by Gasteiger charge is -2.06. The topological polar surface area (TPSA) is 93.8 Å². The van der Waals surface area contributed by atoms with Gasteiger partial charge in [-0.1, -0.05) is 18.2 Å². The van der Waals surface area contributed by atoms with Crippen molar-refractivity contribution in [2.75, 3.05) is 5.32 Å². The fourth-order valence-corrected chi connectivity index (χ4v) is 1.86. The molecule has 0 fully saturated rings. The van der Waals surface area contributed by atoms with E-state index in [1.807, 2.05) is 24.3 Å². The Kier molecular flexibility index (Phi) is 2.92. The summed E-state index contributed by atoms with van der Waals surface area (Å²) in [5, 5.41) is 26.1. The fraction of sp³-hybridized carbons (Fsp3) is 0. The Bertz CT molecular complexity index is 785. The van der Waals surface area contributed by atoms with Crippen LogP contribution in [0.25, 0.3) is 10.9 Å². The van der Waals surface area contributed by atoms with Crippen molar-refractivity contribution in [1.82, 2.24) is 15.4 Å². The summed E-state index contributed by atoms with van der Waals surface area (Å²) in [6.45, 7) is 0. The van der Waals surface area contributed by atoms with Crippen molar-refractivity contribution < 1.29 is 4.92 Å². The normalized spacial score (nSPS) is 10.4. The number of benzene rings is 2. The van der Waals surface area contributed by atoms with E-state index in [1.54, 1.807) is 12.1 Å². The van der Waals surface area contributed by atoms with Crippen LogP contribution in [0.15, 0.2) is 48.5 Å². The standard InChI is InChI=1S/C13H9N5O2/c19-18(20)10-5-3-4-9(8-10)14-13-11-6-1-2-7-12(11)15-17-16-13/h1-8H,(H,14,15,16). The van der Waals surface area contributed by atoms with E-state index in [0.717, 1.165) is 5.39 Å². The second-order valence-electron chi connectivity index (χ2n) is 4.09. The van der Waals surface area contributed by atoms with Crippen molar-refractivity contribution in [2.24, 2.45) is 0 Å². The Labute approximate surface area is 113 Å². The number of nitrogens with zero attached hydrogens (tertiary/aromatic N) is 4. The van der Waals surface area contributed by atoms with Gasteiger partial charge in [0.05, 0.1) is 10.4 Å². The number of anilines is 2. The molecular formula is C13H9N5O2. The van der Waals surface area contributed by atoms with Gasteiger partial charge in [-0.15, -0.1) is 10.2 Å². The lowest BCUT2D eigenvalue weighted by atomic mass is 10.2. The number of hydrogen-bond acceptors (Lipinski definition) is 6. The Morgan fingerprint density at radius 1 is 1.05 bits per heavy atom. The van der Waals surface area contributed by atoms with E-state index in [2.05, 4.69) is 20.7 Å². The third-order valence-electron chi connectivity index (χ3n) is 2.78. The number of nitro benzene ring substituents is 1. The minimum Gasteiger partial charge on any atom is -0.338 e. The van der Waals surface area contributed by atoms with Gasteiger partial charge in [0.1, 0.15) is 0 Å². The molecular weight excluding hydrogens is 258 g/mol. The third-order valence-corrected chi connectivity index (χ3v) is 2.78. The van der Waals surface area contributed by atoms with Crippen LogP contribution in [0.3, 0.4) is 0 Å². The smallest absolute Gasteiger partial charge is 0.271 e. The predicted octanol–water partition coefficient (Wildman–Crippen LogP) is 2.68. The molecule has 7 nitrogen and oxygen atoms in total. The molecule has 0 spiro atoms. The van der Waals surface area contributed by atoms with Crippen LogP contribution in [-0.2, 0) is 0 Å². The van der Waals surface area contributed by atoms with Gasteiger partial charge in [0.15, 0.2) is 5.82 Å². The highest BCUT2D eigenvalue weighted by Gasteiger charge is 2.08. The minimum absolute atomic E-state index is 0.0151. The predicted molar refractivity (Wildman–Crippen MR) is 73.7 cm³/mol. The molecule has 0 unspecified atom stereocenters. The van der Waals surface area contributed by atoms with Gasteiger partial charge in [-0.25, -0.2) is 0 Å². The second kappa shape index (κ2) is 4.88. The summed E-state index contributed by atoms with van der Waals surface area (Å²) in [5.41, 5.74) is 1.29. The van der Waals surface area contributed by atoms with Gasteiger partial charge in [0, 0.05) is 23.2 Å². The van der Waals surface area contributed by atoms with E-state index in [0.29, 0.717) is 17.0 Å². The molecule has 1 aromatic heterocycles. The van der Waals surface area contributed by atoms with Crippen molar-refractivity contribution in [2.45, 2.75) is 0 Å². The van der Waals surface area contributed by atoms with Crippen LogP contribution in [0.2, 0.25) is 0 Å². The number of nitrogens with one attached hydrogen (secondary N) is 1. The maximum atomic E-state index is 10.8. The number of fused-ring (bicyclic) bond motifs is 1.